The van der Waals surface area contributed by atoms with Gasteiger partial charge >= 0.3 is 6.09 Å². The van der Waals surface area contributed by atoms with E-state index < -0.39 is 0 Å². The average molecular weight is 276 g/mol. The van der Waals surface area contributed by atoms with Crippen LogP contribution in [-0.2, 0) is 11.3 Å². The predicted octanol–water partition coefficient (Wildman–Crippen LogP) is 2.92. The molecule has 1 fully saturated rings. The van der Waals surface area contributed by atoms with Crippen LogP contribution in [-0.4, -0.2) is 29.6 Å². The van der Waals surface area contributed by atoms with Gasteiger partial charge in [0, 0.05) is 13.1 Å². The molecule has 1 aliphatic heterocycles. The summed E-state index contributed by atoms with van der Waals surface area (Å²) in [5, 5.41) is 0. The molecule has 2 N–H and O–H groups in total. The van der Waals surface area contributed by atoms with E-state index in [1.165, 1.54) is 0 Å². The van der Waals surface area contributed by atoms with Crippen molar-refractivity contribution in [3.8, 4) is 0 Å². The molecule has 4 nitrogen and oxygen atoms in total. The number of piperidine rings is 1. The maximum Gasteiger partial charge on any atom is 0.410 e. The second kappa shape index (κ2) is 6.75. The van der Waals surface area contributed by atoms with E-state index in [1.54, 1.807) is 0 Å². The van der Waals surface area contributed by atoms with Crippen LogP contribution in [0.25, 0.3) is 0 Å². The van der Waals surface area contributed by atoms with Crippen molar-refractivity contribution in [3.05, 3.63) is 35.9 Å². The highest BCUT2D eigenvalue weighted by Gasteiger charge is 2.39. The highest BCUT2D eigenvalue weighted by molar-refractivity contribution is 5.69. The van der Waals surface area contributed by atoms with Gasteiger partial charge in [-0.2, -0.15) is 0 Å². The van der Waals surface area contributed by atoms with E-state index >= 15 is 0 Å². The quantitative estimate of drug-likeness (QED) is 0.920. The first-order valence-electron chi connectivity index (χ1n) is 7.40. The number of amides is 1. The van der Waals surface area contributed by atoms with Gasteiger partial charge < -0.3 is 15.4 Å². The van der Waals surface area contributed by atoms with E-state index in [4.69, 9.17) is 10.5 Å². The standard InChI is InChI=1S/C16H24N2O2/c1-2-16(13-17)10-6-7-11-18(16)15(19)20-12-14-8-4-3-5-9-14/h3-5,8-9H,2,6-7,10-13,17H2,1H3. The third-order valence-electron chi connectivity index (χ3n) is 4.31. The maximum absolute atomic E-state index is 12.4. The number of benzene rings is 1. The number of rotatable bonds is 4. The Labute approximate surface area is 120 Å². The van der Waals surface area contributed by atoms with Gasteiger partial charge in [-0.1, -0.05) is 37.3 Å². The van der Waals surface area contributed by atoms with Crippen LogP contribution in [0.15, 0.2) is 30.3 Å². The molecular weight excluding hydrogens is 252 g/mol. The zero-order valence-corrected chi connectivity index (χ0v) is 12.2. The molecular formula is C16H24N2O2. The van der Waals surface area contributed by atoms with Crippen LogP contribution in [0.5, 0.6) is 0 Å². The number of likely N-dealkylation sites (tertiary alicyclic amines) is 1. The molecule has 20 heavy (non-hydrogen) atoms. The number of carbonyl (C=O) groups excluding carboxylic acids is 1. The molecule has 1 saturated heterocycles. The molecule has 2 rings (SSSR count). The summed E-state index contributed by atoms with van der Waals surface area (Å²) < 4.78 is 5.46. The van der Waals surface area contributed by atoms with Crippen LogP contribution in [0.1, 0.15) is 38.2 Å². The third-order valence-corrected chi connectivity index (χ3v) is 4.31. The average Bonchev–Trinajstić information content (AvgIpc) is 2.53. The van der Waals surface area contributed by atoms with E-state index in [0.717, 1.165) is 37.8 Å². The zero-order chi connectivity index (χ0) is 14.4. The second-order valence-electron chi connectivity index (χ2n) is 5.43. The maximum atomic E-state index is 12.4. The number of hydrogen-bond acceptors (Lipinski definition) is 3. The van der Waals surface area contributed by atoms with Crippen molar-refractivity contribution in [2.24, 2.45) is 5.73 Å². The Kier molecular flexibility index (Phi) is 5.01. The highest BCUT2D eigenvalue weighted by atomic mass is 16.6. The third kappa shape index (κ3) is 3.12. The lowest BCUT2D eigenvalue weighted by atomic mass is 9.84. The van der Waals surface area contributed by atoms with Gasteiger partial charge in [0.15, 0.2) is 0 Å². The van der Waals surface area contributed by atoms with E-state index in [-0.39, 0.29) is 11.6 Å². The molecule has 1 unspecified atom stereocenters. The Balaban J connectivity index is 1.99. The van der Waals surface area contributed by atoms with E-state index in [1.807, 2.05) is 35.2 Å². The molecule has 1 atom stereocenters. The second-order valence-corrected chi connectivity index (χ2v) is 5.43. The molecule has 1 aliphatic rings. The Morgan fingerprint density at radius 2 is 2.10 bits per heavy atom. The van der Waals surface area contributed by atoms with E-state index in [0.29, 0.717) is 13.2 Å². The van der Waals surface area contributed by atoms with Gasteiger partial charge in [-0.15, -0.1) is 0 Å². The molecule has 1 amide bonds. The normalized spacial score (nSPS) is 22.6. The number of ether oxygens (including phenoxy) is 1. The molecule has 0 aromatic heterocycles. The summed E-state index contributed by atoms with van der Waals surface area (Å²) in [6, 6.07) is 9.76. The minimum absolute atomic E-state index is 0.216. The summed E-state index contributed by atoms with van der Waals surface area (Å²) >= 11 is 0. The first kappa shape index (κ1) is 14.9. The van der Waals surface area contributed by atoms with Crippen LogP contribution in [0.2, 0.25) is 0 Å². The minimum atomic E-state index is -0.235. The summed E-state index contributed by atoms with van der Waals surface area (Å²) in [7, 11) is 0. The van der Waals surface area contributed by atoms with Gasteiger partial charge in [0.25, 0.3) is 0 Å². The fraction of sp³-hybridized carbons (Fsp3) is 0.562. The first-order chi connectivity index (χ1) is 9.72. The van der Waals surface area contributed by atoms with Gasteiger partial charge in [0.05, 0.1) is 5.54 Å². The lowest BCUT2D eigenvalue weighted by molar-refractivity contribution is 0.0250. The van der Waals surface area contributed by atoms with Crippen molar-refractivity contribution in [1.29, 1.82) is 0 Å². The van der Waals surface area contributed by atoms with Gasteiger partial charge in [-0.3, -0.25) is 0 Å². The fourth-order valence-corrected chi connectivity index (χ4v) is 2.90. The van der Waals surface area contributed by atoms with Gasteiger partial charge in [0.1, 0.15) is 6.61 Å². The molecule has 0 saturated carbocycles. The molecule has 0 spiro atoms. The van der Waals surface area contributed by atoms with Crippen LogP contribution in [0.3, 0.4) is 0 Å². The van der Waals surface area contributed by atoms with Crippen molar-refractivity contribution in [1.82, 2.24) is 4.90 Å². The Hall–Kier alpha value is -1.55. The predicted molar refractivity (Wildman–Crippen MR) is 79.3 cm³/mol. The van der Waals surface area contributed by atoms with E-state index in [2.05, 4.69) is 6.92 Å². The zero-order valence-electron chi connectivity index (χ0n) is 12.2. The molecule has 0 aliphatic carbocycles. The van der Waals surface area contributed by atoms with Crippen LogP contribution in [0, 0.1) is 0 Å². The first-order valence-corrected chi connectivity index (χ1v) is 7.40. The Morgan fingerprint density at radius 1 is 1.35 bits per heavy atom. The van der Waals surface area contributed by atoms with Crippen LogP contribution >= 0.6 is 0 Å². The van der Waals surface area contributed by atoms with Gasteiger partial charge in [0.2, 0.25) is 0 Å². The van der Waals surface area contributed by atoms with Crippen molar-refractivity contribution >= 4 is 6.09 Å². The molecule has 1 heterocycles. The lowest BCUT2D eigenvalue weighted by Gasteiger charge is -2.45. The monoisotopic (exact) mass is 276 g/mol. The van der Waals surface area contributed by atoms with Crippen molar-refractivity contribution in [3.63, 3.8) is 0 Å². The highest BCUT2D eigenvalue weighted by Crippen LogP contribution is 2.31. The van der Waals surface area contributed by atoms with Crippen molar-refractivity contribution in [2.45, 2.75) is 44.8 Å². The Bertz CT molecular complexity index is 429. The van der Waals surface area contributed by atoms with Crippen molar-refractivity contribution in [2.75, 3.05) is 13.1 Å². The summed E-state index contributed by atoms with van der Waals surface area (Å²) in [6.07, 6.45) is 3.78. The largest absolute Gasteiger partial charge is 0.445 e. The number of nitrogens with two attached hydrogens (primary N) is 1. The SMILES string of the molecule is CCC1(CN)CCCCN1C(=O)OCc1ccccc1. The van der Waals surface area contributed by atoms with Gasteiger partial charge in [-0.25, -0.2) is 4.79 Å². The molecule has 4 heteroatoms. The van der Waals surface area contributed by atoms with Crippen molar-refractivity contribution < 1.29 is 9.53 Å². The number of hydrogen-bond donors (Lipinski definition) is 1. The Morgan fingerprint density at radius 3 is 2.75 bits per heavy atom. The van der Waals surface area contributed by atoms with E-state index in [9.17, 15) is 4.79 Å². The minimum Gasteiger partial charge on any atom is -0.445 e. The summed E-state index contributed by atoms with van der Waals surface area (Å²) in [5.41, 5.74) is 6.73. The smallest absolute Gasteiger partial charge is 0.410 e. The molecule has 110 valence electrons. The van der Waals surface area contributed by atoms with Crippen LogP contribution < -0.4 is 5.73 Å². The molecule has 0 radical (unpaired) electrons. The summed E-state index contributed by atoms with van der Waals surface area (Å²) in [4.78, 5) is 14.2. The lowest BCUT2D eigenvalue weighted by Crippen LogP contribution is -2.58. The number of carbonyl (C=O) groups is 1. The number of nitrogens with zero attached hydrogens (tertiary/aromatic N) is 1. The summed E-state index contributed by atoms with van der Waals surface area (Å²) in [5.74, 6) is 0. The summed E-state index contributed by atoms with van der Waals surface area (Å²) in [6.45, 7) is 3.67. The van der Waals surface area contributed by atoms with Crippen LogP contribution in [0.4, 0.5) is 4.79 Å². The molecule has 1 aromatic carbocycles. The fourth-order valence-electron chi connectivity index (χ4n) is 2.90. The molecule has 0 bridgehead atoms. The van der Waals surface area contributed by atoms with Gasteiger partial charge in [-0.05, 0) is 31.2 Å². The molecule has 1 aromatic rings. The topological polar surface area (TPSA) is 55.6 Å².